The van der Waals surface area contributed by atoms with Gasteiger partial charge in [-0.2, -0.15) is 0 Å². The van der Waals surface area contributed by atoms with Gasteiger partial charge in [-0.3, -0.25) is 0 Å². The molecule has 0 saturated carbocycles. The Morgan fingerprint density at radius 3 is 1.33 bits per heavy atom. The third-order valence-corrected chi connectivity index (χ3v) is 3.10. The van der Waals surface area contributed by atoms with Crippen LogP contribution in [0.2, 0.25) is 0 Å². The number of benzene rings is 2. The van der Waals surface area contributed by atoms with Gasteiger partial charge in [0.05, 0.1) is 0 Å². The summed E-state index contributed by atoms with van der Waals surface area (Å²) < 4.78 is 0. The highest BCUT2D eigenvalue weighted by atomic mass is 17.2. The van der Waals surface area contributed by atoms with Crippen LogP contribution in [0.4, 0.5) is 0 Å². The second-order valence-corrected chi connectivity index (χ2v) is 4.21. The molecule has 2 aromatic carbocycles. The average Bonchev–Trinajstić information content (AvgIpc) is 2.49. The van der Waals surface area contributed by atoms with E-state index in [1.807, 2.05) is 36.4 Å². The minimum atomic E-state index is 0.494. The third kappa shape index (κ3) is 2.21. The van der Waals surface area contributed by atoms with Crippen molar-refractivity contribution in [2.24, 2.45) is 0 Å². The zero-order valence-corrected chi connectivity index (χ0v) is 10.0. The predicted molar refractivity (Wildman–Crippen MR) is 71.6 cm³/mol. The van der Waals surface area contributed by atoms with Crippen molar-refractivity contribution in [1.29, 1.82) is 0 Å². The van der Waals surface area contributed by atoms with Crippen LogP contribution >= 0.6 is 0 Å². The monoisotopic (exact) mass is 238 g/mol. The van der Waals surface area contributed by atoms with Gasteiger partial charge in [-0.05, 0) is 22.3 Å². The second-order valence-electron chi connectivity index (χ2n) is 4.21. The summed E-state index contributed by atoms with van der Waals surface area (Å²) in [6.45, 7) is 0.989. The Kier molecular flexibility index (Phi) is 3.22. The normalized spacial score (nSPS) is 15.8. The molecule has 0 atom stereocenters. The lowest BCUT2D eigenvalue weighted by Gasteiger charge is -2.20. The Morgan fingerprint density at radius 1 is 0.556 bits per heavy atom. The van der Waals surface area contributed by atoms with E-state index in [0.717, 1.165) is 0 Å². The molecule has 18 heavy (non-hydrogen) atoms. The minimum absolute atomic E-state index is 0.494. The van der Waals surface area contributed by atoms with Crippen LogP contribution in [0.15, 0.2) is 60.7 Å². The standard InChI is InChI=1S/C16H14O2/c1-3-7-13(8-4-1)15-11-17-18-12-16(15)14-9-5-2-6-10-14/h1-10H,11-12H2. The van der Waals surface area contributed by atoms with E-state index < -0.39 is 0 Å². The van der Waals surface area contributed by atoms with Crippen molar-refractivity contribution in [3.05, 3.63) is 71.8 Å². The van der Waals surface area contributed by atoms with E-state index in [4.69, 9.17) is 9.78 Å². The smallest absolute Gasteiger partial charge is 0.108 e. The summed E-state index contributed by atoms with van der Waals surface area (Å²) in [5.74, 6) is 0. The van der Waals surface area contributed by atoms with E-state index in [9.17, 15) is 0 Å². The average molecular weight is 238 g/mol. The van der Waals surface area contributed by atoms with Gasteiger partial charge in [-0.15, -0.1) is 0 Å². The Hall–Kier alpha value is -1.90. The van der Waals surface area contributed by atoms with Gasteiger partial charge in [-0.25, -0.2) is 9.78 Å². The highest BCUT2D eigenvalue weighted by Gasteiger charge is 2.16. The first kappa shape index (κ1) is 11.2. The molecule has 1 heterocycles. The van der Waals surface area contributed by atoms with Crippen LogP contribution in [0.3, 0.4) is 0 Å². The molecule has 0 N–H and O–H groups in total. The molecule has 0 radical (unpaired) electrons. The molecule has 0 aromatic heterocycles. The van der Waals surface area contributed by atoms with Gasteiger partial charge in [0.15, 0.2) is 0 Å². The molecule has 0 spiro atoms. The van der Waals surface area contributed by atoms with Crippen LogP contribution in [0.25, 0.3) is 11.1 Å². The van der Waals surface area contributed by atoms with E-state index in [-0.39, 0.29) is 0 Å². The quantitative estimate of drug-likeness (QED) is 0.745. The molecule has 0 saturated heterocycles. The summed E-state index contributed by atoms with van der Waals surface area (Å²) in [7, 11) is 0. The fraction of sp³-hybridized carbons (Fsp3) is 0.125. The summed E-state index contributed by atoms with van der Waals surface area (Å²) in [6, 6.07) is 20.6. The van der Waals surface area contributed by atoms with E-state index in [1.165, 1.54) is 22.3 Å². The summed E-state index contributed by atoms with van der Waals surface area (Å²) >= 11 is 0. The molecule has 0 fully saturated rings. The molecule has 2 heteroatoms. The van der Waals surface area contributed by atoms with E-state index in [2.05, 4.69) is 24.3 Å². The van der Waals surface area contributed by atoms with Gasteiger partial charge in [0.25, 0.3) is 0 Å². The summed E-state index contributed by atoms with van der Waals surface area (Å²) in [5.41, 5.74) is 4.79. The van der Waals surface area contributed by atoms with Crippen molar-refractivity contribution in [3.8, 4) is 0 Å². The second kappa shape index (κ2) is 5.17. The summed E-state index contributed by atoms with van der Waals surface area (Å²) in [4.78, 5) is 10.3. The molecule has 2 aromatic rings. The first-order valence-electron chi connectivity index (χ1n) is 6.02. The topological polar surface area (TPSA) is 18.5 Å². The molecule has 3 rings (SSSR count). The first-order valence-corrected chi connectivity index (χ1v) is 6.02. The molecular weight excluding hydrogens is 224 g/mol. The van der Waals surface area contributed by atoms with E-state index in [1.54, 1.807) is 0 Å². The Balaban J connectivity index is 2.10. The zero-order valence-electron chi connectivity index (χ0n) is 10.0. The van der Waals surface area contributed by atoms with Crippen molar-refractivity contribution in [2.75, 3.05) is 13.2 Å². The van der Waals surface area contributed by atoms with Gasteiger partial charge in [0, 0.05) is 0 Å². The molecule has 90 valence electrons. The van der Waals surface area contributed by atoms with Crippen molar-refractivity contribution < 1.29 is 9.78 Å². The molecule has 1 aliphatic heterocycles. The zero-order chi connectivity index (χ0) is 12.2. The van der Waals surface area contributed by atoms with Crippen LogP contribution in [0.1, 0.15) is 11.1 Å². The fourth-order valence-electron chi connectivity index (χ4n) is 2.17. The largest absolute Gasteiger partial charge is 0.232 e. The van der Waals surface area contributed by atoms with Gasteiger partial charge in [0.1, 0.15) is 13.2 Å². The lowest BCUT2D eigenvalue weighted by Crippen LogP contribution is -2.12. The maximum atomic E-state index is 5.13. The Bertz CT molecular complexity index is 492. The highest BCUT2D eigenvalue weighted by molar-refractivity contribution is 5.92. The summed E-state index contributed by atoms with van der Waals surface area (Å²) in [6.07, 6.45) is 0. The van der Waals surface area contributed by atoms with E-state index >= 15 is 0 Å². The van der Waals surface area contributed by atoms with E-state index in [0.29, 0.717) is 13.2 Å². The Morgan fingerprint density at radius 2 is 0.944 bits per heavy atom. The molecule has 0 bridgehead atoms. The van der Waals surface area contributed by atoms with Crippen LogP contribution in [-0.2, 0) is 9.78 Å². The maximum Gasteiger partial charge on any atom is 0.108 e. The lowest BCUT2D eigenvalue weighted by atomic mass is 9.95. The predicted octanol–water partition coefficient (Wildman–Crippen LogP) is 3.56. The number of rotatable bonds is 2. The van der Waals surface area contributed by atoms with Crippen LogP contribution in [-0.4, -0.2) is 13.2 Å². The molecule has 2 nitrogen and oxygen atoms in total. The van der Waals surface area contributed by atoms with Crippen LogP contribution in [0, 0.1) is 0 Å². The maximum absolute atomic E-state index is 5.13. The SMILES string of the molecule is c1ccc(C2=C(c3ccccc3)COOC2)cc1. The van der Waals surface area contributed by atoms with Crippen molar-refractivity contribution in [1.82, 2.24) is 0 Å². The number of hydrogen-bond acceptors (Lipinski definition) is 2. The van der Waals surface area contributed by atoms with Crippen LogP contribution < -0.4 is 0 Å². The van der Waals surface area contributed by atoms with Crippen molar-refractivity contribution in [3.63, 3.8) is 0 Å². The molecule has 0 amide bonds. The highest BCUT2D eigenvalue weighted by Crippen LogP contribution is 2.29. The van der Waals surface area contributed by atoms with Gasteiger partial charge in [0.2, 0.25) is 0 Å². The van der Waals surface area contributed by atoms with Gasteiger partial charge in [-0.1, -0.05) is 60.7 Å². The fourth-order valence-corrected chi connectivity index (χ4v) is 2.17. The van der Waals surface area contributed by atoms with Crippen LogP contribution in [0.5, 0.6) is 0 Å². The molecule has 0 unspecified atom stereocenters. The minimum Gasteiger partial charge on any atom is -0.232 e. The van der Waals surface area contributed by atoms with Crippen molar-refractivity contribution >= 4 is 11.1 Å². The lowest BCUT2D eigenvalue weighted by molar-refractivity contribution is -0.278. The van der Waals surface area contributed by atoms with Gasteiger partial charge >= 0.3 is 0 Å². The van der Waals surface area contributed by atoms with Gasteiger partial charge < -0.3 is 0 Å². The molecule has 0 aliphatic carbocycles. The molecular formula is C16H14O2. The summed E-state index contributed by atoms with van der Waals surface area (Å²) in [5, 5.41) is 0. The van der Waals surface area contributed by atoms with Crippen molar-refractivity contribution in [2.45, 2.75) is 0 Å². The molecule has 1 aliphatic rings. The number of hydrogen-bond donors (Lipinski definition) is 0. The Labute approximate surface area is 106 Å². The third-order valence-electron chi connectivity index (χ3n) is 3.10. The first-order chi connectivity index (χ1) is 8.95.